The Labute approximate surface area is 145 Å². The molecule has 1 aliphatic heterocycles. The molecule has 0 radical (unpaired) electrons. The van der Waals surface area contributed by atoms with Crippen molar-refractivity contribution in [1.82, 2.24) is 20.5 Å². The molecule has 0 saturated carbocycles. The number of anilines is 1. The zero-order chi connectivity index (χ0) is 17.1. The fourth-order valence-electron chi connectivity index (χ4n) is 3.08. The second kappa shape index (κ2) is 6.76. The molecule has 0 spiro atoms. The van der Waals surface area contributed by atoms with Crippen LogP contribution in [-0.2, 0) is 0 Å². The first-order valence-electron chi connectivity index (χ1n) is 8.37. The van der Waals surface area contributed by atoms with Crippen LogP contribution in [-0.4, -0.2) is 40.2 Å². The first-order valence-corrected chi connectivity index (χ1v) is 8.37. The highest BCUT2D eigenvalue weighted by Gasteiger charge is 2.25. The van der Waals surface area contributed by atoms with E-state index in [1.54, 1.807) is 12.3 Å². The maximum Gasteiger partial charge on any atom is 0.269 e. The van der Waals surface area contributed by atoms with Crippen LogP contribution in [0.2, 0.25) is 0 Å². The smallest absolute Gasteiger partial charge is 0.269 e. The van der Waals surface area contributed by atoms with Crippen molar-refractivity contribution in [1.29, 1.82) is 0 Å². The number of carbonyl (C=O) groups is 1. The fourth-order valence-corrected chi connectivity index (χ4v) is 3.08. The lowest BCUT2D eigenvalue weighted by molar-refractivity contribution is 0.0935. The summed E-state index contributed by atoms with van der Waals surface area (Å²) in [5.74, 6) is 0.828. The monoisotopic (exact) mass is 333 g/mol. The van der Waals surface area contributed by atoms with Gasteiger partial charge in [-0.3, -0.25) is 9.89 Å². The molecule has 3 heterocycles. The summed E-state index contributed by atoms with van der Waals surface area (Å²) in [6, 6.07) is 17.6. The van der Waals surface area contributed by atoms with E-state index in [0.717, 1.165) is 36.6 Å². The third kappa shape index (κ3) is 3.38. The van der Waals surface area contributed by atoms with Crippen LogP contribution >= 0.6 is 0 Å². The van der Waals surface area contributed by atoms with E-state index in [1.165, 1.54) is 0 Å². The molecular formula is C19H19N5O. The summed E-state index contributed by atoms with van der Waals surface area (Å²) < 4.78 is 0. The highest BCUT2D eigenvalue weighted by Crippen LogP contribution is 2.19. The maximum absolute atomic E-state index is 12.5. The van der Waals surface area contributed by atoms with Gasteiger partial charge in [0.25, 0.3) is 5.91 Å². The molecule has 1 saturated heterocycles. The number of hydrogen-bond acceptors (Lipinski definition) is 4. The number of pyridine rings is 1. The predicted molar refractivity (Wildman–Crippen MR) is 96.3 cm³/mol. The van der Waals surface area contributed by atoms with Gasteiger partial charge in [-0.15, -0.1) is 0 Å². The van der Waals surface area contributed by atoms with Gasteiger partial charge < -0.3 is 10.2 Å². The predicted octanol–water partition coefficient (Wildman–Crippen LogP) is 2.48. The normalized spacial score (nSPS) is 16.8. The molecule has 4 rings (SSSR count). The molecule has 6 heteroatoms. The average Bonchev–Trinajstić information content (AvgIpc) is 3.33. The number of aromatic amines is 1. The third-order valence-corrected chi connectivity index (χ3v) is 4.39. The second-order valence-corrected chi connectivity index (χ2v) is 6.13. The van der Waals surface area contributed by atoms with Gasteiger partial charge in [0.2, 0.25) is 0 Å². The molecular weight excluding hydrogens is 314 g/mol. The van der Waals surface area contributed by atoms with Crippen molar-refractivity contribution in [3.05, 3.63) is 66.5 Å². The van der Waals surface area contributed by atoms with Gasteiger partial charge >= 0.3 is 0 Å². The molecule has 1 aliphatic rings. The Morgan fingerprint density at radius 1 is 1.16 bits per heavy atom. The summed E-state index contributed by atoms with van der Waals surface area (Å²) >= 11 is 0. The third-order valence-electron chi connectivity index (χ3n) is 4.39. The van der Waals surface area contributed by atoms with Gasteiger partial charge in [-0.1, -0.05) is 36.4 Å². The van der Waals surface area contributed by atoms with E-state index >= 15 is 0 Å². The molecule has 1 amide bonds. The Kier molecular flexibility index (Phi) is 4.16. The standard InChI is InChI=1S/C19H19N5O/c25-19(17-12-16(22-23-17)14-6-2-1-3-7-14)21-15-9-11-24(13-15)18-8-4-5-10-20-18/h1-8,10,12,15H,9,11,13H2,(H,21,25)(H,22,23)/t15-/m0/s1. The number of nitrogens with one attached hydrogen (secondary N) is 2. The molecule has 3 aromatic rings. The highest BCUT2D eigenvalue weighted by molar-refractivity contribution is 5.93. The van der Waals surface area contributed by atoms with E-state index in [0.29, 0.717) is 5.69 Å². The van der Waals surface area contributed by atoms with Gasteiger partial charge in [-0.25, -0.2) is 4.98 Å². The van der Waals surface area contributed by atoms with E-state index in [1.807, 2.05) is 48.5 Å². The van der Waals surface area contributed by atoms with Crippen molar-refractivity contribution < 1.29 is 4.79 Å². The number of hydrogen-bond donors (Lipinski definition) is 2. The van der Waals surface area contributed by atoms with Crippen LogP contribution in [0.3, 0.4) is 0 Å². The SMILES string of the molecule is O=C(N[C@H]1CCN(c2ccccn2)C1)c1cc(-c2ccccc2)n[nH]1. The molecule has 2 N–H and O–H groups in total. The molecule has 1 atom stereocenters. The Hall–Kier alpha value is -3.15. The quantitative estimate of drug-likeness (QED) is 0.769. The molecule has 6 nitrogen and oxygen atoms in total. The van der Waals surface area contributed by atoms with E-state index in [2.05, 4.69) is 25.4 Å². The number of rotatable bonds is 4. The highest BCUT2D eigenvalue weighted by atomic mass is 16.2. The van der Waals surface area contributed by atoms with E-state index in [-0.39, 0.29) is 11.9 Å². The van der Waals surface area contributed by atoms with Crippen LogP contribution in [0.15, 0.2) is 60.8 Å². The minimum atomic E-state index is -0.123. The van der Waals surface area contributed by atoms with Crippen LogP contribution in [0, 0.1) is 0 Å². The fraction of sp³-hybridized carbons (Fsp3) is 0.211. The Morgan fingerprint density at radius 2 is 2.00 bits per heavy atom. The topological polar surface area (TPSA) is 73.9 Å². The van der Waals surface area contributed by atoms with Crippen molar-refractivity contribution in [2.75, 3.05) is 18.0 Å². The minimum absolute atomic E-state index is 0.109. The van der Waals surface area contributed by atoms with E-state index in [9.17, 15) is 4.79 Å². The van der Waals surface area contributed by atoms with Gasteiger partial charge in [-0.2, -0.15) is 5.10 Å². The van der Waals surface area contributed by atoms with Gasteiger partial charge in [0.15, 0.2) is 0 Å². The lowest BCUT2D eigenvalue weighted by atomic mass is 10.1. The molecule has 1 fully saturated rings. The van der Waals surface area contributed by atoms with E-state index in [4.69, 9.17) is 0 Å². The summed E-state index contributed by atoms with van der Waals surface area (Å²) in [6.45, 7) is 1.66. The summed E-state index contributed by atoms with van der Waals surface area (Å²) in [7, 11) is 0. The Morgan fingerprint density at radius 3 is 2.80 bits per heavy atom. The average molecular weight is 333 g/mol. The zero-order valence-corrected chi connectivity index (χ0v) is 13.7. The summed E-state index contributed by atoms with van der Waals surface area (Å²) in [4.78, 5) is 19.0. The zero-order valence-electron chi connectivity index (χ0n) is 13.7. The number of aromatic nitrogens is 3. The molecule has 25 heavy (non-hydrogen) atoms. The number of benzene rings is 1. The number of amides is 1. The van der Waals surface area contributed by atoms with Crippen LogP contribution in [0.4, 0.5) is 5.82 Å². The van der Waals surface area contributed by atoms with Gasteiger partial charge in [0, 0.05) is 30.9 Å². The Balaban J connectivity index is 1.39. The lowest BCUT2D eigenvalue weighted by Gasteiger charge is -2.17. The molecule has 1 aromatic carbocycles. The molecule has 0 bridgehead atoms. The lowest BCUT2D eigenvalue weighted by Crippen LogP contribution is -2.37. The van der Waals surface area contributed by atoms with Gasteiger partial charge in [0.1, 0.15) is 11.5 Å². The first-order chi connectivity index (χ1) is 12.3. The number of nitrogens with zero attached hydrogens (tertiary/aromatic N) is 3. The number of H-pyrrole nitrogens is 1. The Bertz CT molecular complexity index is 847. The van der Waals surface area contributed by atoms with Crippen molar-refractivity contribution in [2.24, 2.45) is 0 Å². The summed E-state index contributed by atoms with van der Waals surface area (Å²) in [6.07, 6.45) is 2.69. The molecule has 126 valence electrons. The van der Waals surface area contributed by atoms with E-state index < -0.39 is 0 Å². The van der Waals surface area contributed by atoms with Crippen LogP contribution in [0.25, 0.3) is 11.3 Å². The van der Waals surface area contributed by atoms with Crippen LogP contribution in [0.1, 0.15) is 16.9 Å². The van der Waals surface area contributed by atoms with Crippen molar-refractivity contribution in [3.63, 3.8) is 0 Å². The summed E-state index contributed by atoms with van der Waals surface area (Å²) in [5, 5.41) is 10.2. The summed E-state index contributed by atoms with van der Waals surface area (Å²) in [5.41, 5.74) is 2.24. The first kappa shape index (κ1) is 15.4. The maximum atomic E-state index is 12.5. The van der Waals surface area contributed by atoms with Gasteiger partial charge in [0.05, 0.1) is 5.69 Å². The van der Waals surface area contributed by atoms with Gasteiger partial charge in [-0.05, 0) is 24.6 Å². The molecule has 0 aliphatic carbocycles. The minimum Gasteiger partial charge on any atom is -0.354 e. The molecule has 2 aromatic heterocycles. The van der Waals surface area contributed by atoms with Crippen LogP contribution in [0.5, 0.6) is 0 Å². The van der Waals surface area contributed by atoms with Crippen molar-refractivity contribution in [2.45, 2.75) is 12.5 Å². The van der Waals surface area contributed by atoms with Crippen molar-refractivity contribution >= 4 is 11.7 Å². The number of carbonyl (C=O) groups excluding carboxylic acids is 1. The van der Waals surface area contributed by atoms with Crippen LogP contribution < -0.4 is 10.2 Å². The second-order valence-electron chi connectivity index (χ2n) is 6.13. The largest absolute Gasteiger partial charge is 0.354 e. The molecule has 0 unspecified atom stereocenters. The van der Waals surface area contributed by atoms with Crippen molar-refractivity contribution in [3.8, 4) is 11.3 Å².